The lowest BCUT2D eigenvalue weighted by Gasteiger charge is -2.34. The predicted octanol–water partition coefficient (Wildman–Crippen LogP) is 2.43. The molecular weight excluding hydrogens is 342 g/mol. The molecule has 1 aromatic carbocycles. The molecule has 0 spiro atoms. The van der Waals surface area contributed by atoms with Crippen LogP contribution in [0.5, 0.6) is 0 Å². The van der Waals surface area contributed by atoms with Crippen molar-refractivity contribution in [2.24, 2.45) is 0 Å². The standard InChI is InChI=1S/C20H25N5O2/c1-3-24-10-12-25(13-11-24)19-14-16(8-9-21-19)20(27)23-18-6-4-17(5-7-18)22-15(2)26/h4-9,14H,3,10-13H2,1-2H3,(H,22,26)(H,23,27). The Morgan fingerprint density at radius 1 is 1.00 bits per heavy atom. The second-order valence-corrected chi connectivity index (χ2v) is 6.54. The molecule has 0 aliphatic carbocycles. The van der Waals surface area contributed by atoms with Gasteiger partial charge in [0.2, 0.25) is 5.91 Å². The van der Waals surface area contributed by atoms with Crippen LogP contribution in [0.15, 0.2) is 42.6 Å². The first-order chi connectivity index (χ1) is 13.0. The van der Waals surface area contributed by atoms with Crippen molar-refractivity contribution in [2.45, 2.75) is 13.8 Å². The normalized spacial score (nSPS) is 14.7. The molecule has 3 rings (SSSR count). The van der Waals surface area contributed by atoms with E-state index in [1.54, 1.807) is 36.5 Å². The fourth-order valence-corrected chi connectivity index (χ4v) is 3.07. The highest BCUT2D eigenvalue weighted by Crippen LogP contribution is 2.18. The summed E-state index contributed by atoms with van der Waals surface area (Å²) in [4.78, 5) is 32.7. The average molecular weight is 367 g/mol. The van der Waals surface area contributed by atoms with E-state index in [2.05, 4.69) is 32.3 Å². The van der Waals surface area contributed by atoms with Crippen molar-refractivity contribution in [2.75, 3.05) is 48.3 Å². The maximum absolute atomic E-state index is 12.6. The van der Waals surface area contributed by atoms with Gasteiger partial charge in [-0.3, -0.25) is 9.59 Å². The maximum Gasteiger partial charge on any atom is 0.255 e. The number of anilines is 3. The highest BCUT2D eigenvalue weighted by atomic mass is 16.2. The number of hydrogen-bond donors (Lipinski definition) is 2. The molecule has 7 heteroatoms. The van der Waals surface area contributed by atoms with Crippen LogP contribution in [-0.4, -0.2) is 54.4 Å². The van der Waals surface area contributed by atoms with Gasteiger partial charge in [-0.25, -0.2) is 4.98 Å². The summed E-state index contributed by atoms with van der Waals surface area (Å²) in [5.74, 6) is 0.522. The summed E-state index contributed by atoms with van der Waals surface area (Å²) in [6.45, 7) is 8.53. The molecule has 2 heterocycles. The zero-order valence-electron chi connectivity index (χ0n) is 15.7. The molecule has 1 saturated heterocycles. The summed E-state index contributed by atoms with van der Waals surface area (Å²) in [7, 11) is 0. The van der Waals surface area contributed by atoms with E-state index in [1.807, 2.05) is 6.07 Å². The van der Waals surface area contributed by atoms with Crippen LogP contribution in [0.25, 0.3) is 0 Å². The van der Waals surface area contributed by atoms with Crippen molar-refractivity contribution >= 4 is 29.0 Å². The summed E-state index contributed by atoms with van der Waals surface area (Å²) in [6, 6.07) is 10.6. The lowest BCUT2D eigenvalue weighted by molar-refractivity contribution is -0.114. The Kier molecular flexibility index (Phi) is 6.03. The largest absolute Gasteiger partial charge is 0.354 e. The quantitative estimate of drug-likeness (QED) is 0.849. The van der Waals surface area contributed by atoms with Crippen LogP contribution in [-0.2, 0) is 4.79 Å². The average Bonchev–Trinajstić information content (AvgIpc) is 2.69. The first kappa shape index (κ1) is 18.8. The number of benzene rings is 1. The molecule has 27 heavy (non-hydrogen) atoms. The van der Waals surface area contributed by atoms with Crippen LogP contribution in [0.2, 0.25) is 0 Å². The van der Waals surface area contributed by atoms with Gasteiger partial charge in [0.25, 0.3) is 5.91 Å². The van der Waals surface area contributed by atoms with Crippen LogP contribution < -0.4 is 15.5 Å². The van der Waals surface area contributed by atoms with E-state index in [0.29, 0.717) is 16.9 Å². The number of piperazine rings is 1. The van der Waals surface area contributed by atoms with Gasteiger partial charge < -0.3 is 20.4 Å². The lowest BCUT2D eigenvalue weighted by atomic mass is 10.2. The topological polar surface area (TPSA) is 77.6 Å². The number of amides is 2. The minimum atomic E-state index is -0.182. The number of hydrogen-bond acceptors (Lipinski definition) is 5. The molecule has 0 saturated carbocycles. The highest BCUT2D eigenvalue weighted by Gasteiger charge is 2.18. The molecule has 0 bridgehead atoms. The molecule has 0 atom stereocenters. The fourth-order valence-electron chi connectivity index (χ4n) is 3.07. The van der Waals surface area contributed by atoms with Crippen LogP contribution in [0.3, 0.4) is 0 Å². The zero-order chi connectivity index (χ0) is 19.2. The van der Waals surface area contributed by atoms with Gasteiger partial charge in [-0.15, -0.1) is 0 Å². The lowest BCUT2D eigenvalue weighted by Crippen LogP contribution is -2.46. The van der Waals surface area contributed by atoms with Crippen LogP contribution in [0.4, 0.5) is 17.2 Å². The van der Waals surface area contributed by atoms with Crippen molar-refractivity contribution in [3.63, 3.8) is 0 Å². The van der Waals surface area contributed by atoms with Gasteiger partial charge in [0.05, 0.1) is 0 Å². The molecule has 7 nitrogen and oxygen atoms in total. The smallest absolute Gasteiger partial charge is 0.255 e. The minimum Gasteiger partial charge on any atom is -0.354 e. The molecule has 0 unspecified atom stereocenters. The second-order valence-electron chi connectivity index (χ2n) is 6.54. The Hall–Kier alpha value is -2.93. The third-order valence-corrected chi connectivity index (χ3v) is 4.61. The Morgan fingerprint density at radius 3 is 2.22 bits per heavy atom. The molecule has 0 radical (unpaired) electrons. The van der Waals surface area contributed by atoms with Gasteiger partial charge >= 0.3 is 0 Å². The summed E-state index contributed by atoms with van der Waals surface area (Å²) < 4.78 is 0. The number of nitrogens with zero attached hydrogens (tertiary/aromatic N) is 3. The maximum atomic E-state index is 12.6. The van der Waals surface area contributed by atoms with Gasteiger partial charge in [-0.05, 0) is 42.9 Å². The third kappa shape index (κ3) is 5.04. The van der Waals surface area contributed by atoms with Crippen molar-refractivity contribution in [3.05, 3.63) is 48.2 Å². The Balaban J connectivity index is 1.64. The number of carbonyl (C=O) groups is 2. The van der Waals surface area contributed by atoms with Crippen molar-refractivity contribution in [1.29, 1.82) is 0 Å². The molecule has 1 aliphatic heterocycles. The first-order valence-corrected chi connectivity index (χ1v) is 9.17. The molecule has 1 aliphatic rings. The van der Waals surface area contributed by atoms with E-state index in [-0.39, 0.29) is 11.8 Å². The monoisotopic (exact) mass is 367 g/mol. The highest BCUT2D eigenvalue weighted by molar-refractivity contribution is 6.04. The molecule has 2 N–H and O–H groups in total. The number of rotatable bonds is 5. The van der Waals surface area contributed by atoms with E-state index in [0.717, 1.165) is 38.5 Å². The summed E-state index contributed by atoms with van der Waals surface area (Å²) in [5, 5.41) is 5.58. The summed E-state index contributed by atoms with van der Waals surface area (Å²) >= 11 is 0. The van der Waals surface area contributed by atoms with Gasteiger partial charge in [-0.1, -0.05) is 6.92 Å². The Labute approximate surface area is 159 Å². The molecule has 1 aromatic heterocycles. The predicted molar refractivity (Wildman–Crippen MR) is 107 cm³/mol. The zero-order valence-corrected chi connectivity index (χ0v) is 15.7. The minimum absolute atomic E-state index is 0.129. The molecule has 2 amide bonds. The molecular formula is C20H25N5O2. The van der Waals surface area contributed by atoms with E-state index < -0.39 is 0 Å². The van der Waals surface area contributed by atoms with E-state index in [1.165, 1.54) is 6.92 Å². The number of pyridine rings is 1. The molecule has 1 fully saturated rings. The van der Waals surface area contributed by atoms with E-state index in [9.17, 15) is 9.59 Å². The fraction of sp³-hybridized carbons (Fsp3) is 0.350. The summed E-state index contributed by atoms with van der Waals surface area (Å²) in [6.07, 6.45) is 1.68. The van der Waals surface area contributed by atoms with Gasteiger partial charge in [0.15, 0.2) is 0 Å². The van der Waals surface area contributed by atoms with Gasteiger partial charge in [0, 0.05) is 56.2 Å². The number of aromatic nitrogens is 1. The Bertz CT molecular complexity index is 798. The summed E-state index contributed by atoms with van der Waals surface area (Å²) in [5.41, 5.74) is 1.94. The van der Waals surface area contributed by atoms with Crippen molar-refractivity contribution in [1.82, 2.24) is 9.88 Å². The Morgan fingerprint density at radius 2 is 1.63 bits per heavy atom. The van der Waals surface area contributed by atoms with Crippen LogP contribution in [0.1, 0.15) is 24.2 Å². The van der Waals surface area contributed by atoms with Crippen molar-refractivity contribution < 1.29 is 9.59 Å². The SMILES string of the molecule is CCN1CCN(c2cc(C(=O)Nc3ccc(NC(C)=O)cc3)ccn2)CC1. The van der Waals surface area contributed by atoms with Crippen LogP contribution >= 0.6 is 0 Å². The van der Waals surface area contributed by atoms with Gasteiger partial charge in [-0.2, -0.15) is 0 Å². The van der Waals surface area contributed by atoms with Crippen LogP contribution in [0, 0.1) is 0 Å². The number of nitrogens with one attached hydrogen (secondary N) is 2. The van der Waals surface area contributed by atoms with Crippen molar-refractivity contribution in [3.8, 4) is 0 Å². The first-order valence-electron chi connectivity index (χ1n) is 9.17. The number of likely N-dealkylation sites (N-methyl/N-ethyl adjacent to an activating group) is 1. The van der Waals surface area contributed by atoms with E-state index >= 15 is 0 Å². The third-order valence-electron chi connectivity index (χ3n) is 4.61. The second kappa shape index (κ2) is 8.64. The van der Waals surface area contributed by atoms with Gasteiger partial charge in [0.1, 0.15) is 5.82 Å². The number of carbonyl (C=O) groups excluding carboxylic acids is 2. The van der Waals surface area contributed by atoms with E-state index in [4.69, 9.17) is 0 Å². The molecule has 2 aromatic rings. The molecule has 142 valence electrons.